The van der Waals surface area contributed by atoms with E-state index >= 15 is 0 Å². The second kappa shape index (κ2) is 8.60. The van der Waals surface area contributed by atoms with E-state index in [1.54, 1.807) is 20.8 Å². The van der Waals surface area contributed by atoms with Gasteiger partial charge in [-0.2, -0.15) is 4.99 Å². The standard InChI is InChI=1S/C13H16ClN3O6S/c1-13(2,3)23-9(19)5-22-10(11(20)21)15-7-6-24-12(16-7)17-8(18)4-14/h6H,4-5H2,1-3H3,(H,20,21)(H,16,17,18). The summed E-state index contributed by atoms with van der Waals surface area (Å²) in [4.78, 5) is 41.3. The summed E-state index contributed by atoms with van der Waals surface area (Å²) in [6, 6.07) is 0. The molecule has 0 atom stereocenters. The number of rotatable bonds is 5. The highest BCUT2D eigenvalue weighted by Crippen LogP contribution is 2.21. The Balaban J connectivity index is 2.74. The summed E-state index contributed by atoms with van der Waals surface area (Å²) in [5, 5.41) is 13.1. The molecule has 1 aromatic rings. The van der Waals surface area contributed by atoms with Gasteiger partial charge in [-0.15, -0.1) is 22.9 Å². The zero-order valence-electron chi connectivity index (χ0n) is 13.2. The second-order valence-corrected chi connectivity index (χ2v) is 6.42. The predicted octanol–water partition coefficient (Wildman–Crippen LogP) is 1.79. The average molecular weight is 378 g/mol. The Morgan fingerprint density at radius 1 is 1.42 bits per heavy atom. The molecular weight excluding hydrogens is 362 g/mol. The number of aromatic nitrogens is 1. The van der Waals surface area contributed by atoms with Crippen molar-refractivity contribution < 1.29 is 29.0 Å². The van der Waals surface area contributed by atoms with E-state index in [9.17, 15) is 14.4 Å². The first-order valence-electron chi connectivity index (χ1n) is 6.58. The molecule has 0 aliphatic heterocycles. The number of amides is 1. The number of carbonyl (C=O) groups excluding carboxylic acids is 2. The third-order valence-corrected chi connectivity index (χ3v) is 2.99. The fourth-order valence-corrected chi connectivity index (χ4v) is 1.98. The van der Waals surface area contributed by atoms with Crippen LogP contribution in [0.5, 0.6) is 0 Å². The molecule has 0 unspecified atom stereocenters. The molecule has 2 N–H and O–H groups in total. The largest absolute Gasteiger partial charge is 0.474 e. The van der Waals surface area contributed by atoms with Crippen molar-refractivity contribution in [3.05, 3.63) is 5.38 Å². The Kier molecular flexibility index (Phi) is 7.11. The molecule has 1 rings (SSSR count). The minimum Gasteiger partial charge on any atom is -0.474 e. The Hall–Kier alpha value is -2.20. The highest BCUT2D eigenvalue weighted by molar-refractivity contribution is 7.14. The lowest BCUT2D eigenvalue weighted by atomic mass is 10.2. The molecule has 0 aromatic carbocycles. The normalized spacial score (nSPS) is 11.8. The summed E-state index contributed by atoms with van der Waals surface area (Å²) in [5.41, 5.74) is -0.717. The van der Waals surface area contributed by atoms with Gasteiger partial charge in [0.15, 0.2) is 17.6 Å². The number of aliphatic carboxylic acids is 1. The number of esters is 1. The van der Waals surface area contributed by atoms with Crippen LogP contribution < -0.4 is 5.32 Å². The maximum atomic E-state index is 11.5. The molecule has 9 nitrogen and oxygen atoms in total. The van der Waals surface area contributed by atoms with Gasteiger partial charge in [0, 0.05) is 5.38 Å². The number of nitrogens with one attached hydrogen (secondary N) is 1. The number of carboxylic acid groups (broad SMARTS) is 1. The van der Waals surface area contributed by atoms with Crippen LogP contribution in [0.2, 0.25) is 0 Å². The van der Waals surface area contributed by atoms with E-state index in [0.29, 0.717) is 0 Å². The van der Waals surface area contributed by atoms with Crippen LogP contribution in [0.25, 0.3) is 0 Å². The van der Waals surface area contributed by atoms with E-state index in [1.165, 1.54) is 5.38 Å². The molecular formula is C13H16ClN3O6S. The summed E-state index contributed by atoms with van der Waals surface area (Å²) < 4.78 is 9.85. The number of ether oxygens (including phenoxy) is 2. The monoisotopic (exact) mass is 377 g/mol. The van der Waals surface area contributed by atoms with E-state index in [1.807, 2.05) is 0 Å². The zero-order valence-corrected chi connectivity index (χ0v) is 14.7. The van der Waals surface area contributed by atoms with Crippen LogP contribution in [0.4, 0.5) is 10.9 Å². The molecule has 132 valence electrons. The van der Waals surface area contributed by atoms with E-state index in [-0.39, 0.29) is 16.8 Å². The number of carboxylic acids is 1. The summed E-state index contributed by atoms with van der Waals surface area (Å²) in [6.07, 6.45) is 0. The third-order valence-electron chi connectivity index (χ3n) is 2.01. The number of anilines is 1. The van der Waals surface area contributed by atoms with Crippen molar-refractivity contribution in [1.82, 2.24) is 4.98 Å². The highest BCUT2D eigenvalue weighted by Gasteiger charge is 2.20. The first kappa shape index (κ1) is 19.8. The lowest BCUT2D eigenvalue weighted by molar-refractivity contribution is -0.157. The van der Waals surface area contributed by atoms with Crippen molar-refractivity contribution in [3.63, 3.8) is 0 Å². The van der Waals surface area contributed by atoms with Crippen LogP contribution in [0.1, 0.15) is 20.8 Å². The molecule has 0 saturated heterocycles. The van der Waals surface area contributed by atoms with Gasteiger partial charge in [-0.1, -0.05) is 0 Å². The van der Waals surface area contributed by atoms with Crippen LogP contribution in [-0.4, -0.2) is 51.9 Å². The molecule has 24 heavy (non-hydrogen) atoms. The summed E-state index contributed by atoms with van der Waals surface area (Å²) >= 11 is 6.38. The highest BCUT2D eigenvalue weighted by atomic mass is 35.5. The Labute approximate surface area is 146 Å². The first-order chi connectivity index (χ1) is 11.1. The van der Waals surface area contributed by atoms with Crippen LogP contribution in [0, 0.1) is 0 Å². The number of carbonyl (C=O) groups is 3. The van der Waals surface area contributed by atoms with Crippen molar-refractivity contribution in [2.75, 3.05) is 17.8 Å². The van der Waals surface area contributed by atoms with Gasteiger partial charge < -0.3 is 19.9 Å². The number of aliphatic imine (C=N–C) groups is 1. The number of hydrogen-bond acceptors (Lipinski definition) is 8. The number of alkyl halides is 1. The summed E-state index contributed by atoms with van der Waals surface area (Å²) in [5.74, 6) is -3.62. The van der Waals surface area contributed by atoms with Crippen molar-refractivity contribution in [3.8, 4) is 0 Å². The Bertz CT molecular complexity index is 652. The fraction of sp³-hybridized carbons (Fsp3) is 0.462. The molecule has 0 aliphatic carbocycles. The molecule has 0 spiro atoms. The Morgan fingerprint density at radius 2 is 2.08 bits per heavy atom. The van der Waals surface area contributed by atoms with E-state index in [2.05, 4.69) is 15.3 Å². The van der Waals surface area contributed by atoms with E-state index in [4.69, 9.17) is 26.2 Å². The molecule has 11 heteroatoms. The quantitative estimate of drug-likeness (QED) is 0.346. The lowest BCUT2D eigenvalue weighted by Crippen LogP contribution is -2.28. The van der Waals surface area contributed by atoms with Crippen LogP contribution in [-0.2, 0) is 23.9 Å². The minimum atomic E-state index is -1.47. The van der Waals surface area contributed by atoms with Gasteiger partial charge in [0.2, 0.25) is 5.91 Å². The van der Waals surface area contributed by atoms with E-state index in [0.717, 1.165) is 11.3 Å². The van der Waals surface area contributed by atoms with Gasteiger partial charge in [0.25, 0.3) is 0 Å². The molecule has 0 saturated carbocycles. The van der Waals surface area contributed by atoms with Crippen LogP contribution in [0.3, 0.4) is 0 Å². The molecule has 0 radical (unpaired) electrons. The first-order valence-corrected chi connectivity index (χ1v) is 8.00. The third kappa shape index (κ3) is 7.38. The fourth-order valence-electron chi connectivity index (χ4n) is 1.27. The average Bonchev–Trinajstić information content (AvgIpc) is 2.88. The van der Waals surface area contributed by atoms with Crippen molar-refractivity contribution in [2.45, 2.75) is 26.4 Å². The van der Waals surface area contributed by atoms with Gasteiger partial charge >= 0.3 is 17.8 Å². The minimum absolute atomic E-state index is 0.00598. The van der Waals surface area contributed by atoms with Crippen molar-refractivity contribution >= 4 is 57.6 Å². The second-order valence-electron chi connectivity index (χ2n) is 5.29. The SMILES string of the molecule is CC(C)(C)OC(=O)COC(=Nc1csc(NC(=O)CCl)n1)C(=O)O. The van der Waals surface area contributed by atoms with Crippen molar-refractivity contribution in [1.29, 1.82) is 0 Å². The van der Waals surface area contributed by atoms with Gasteiger partial charge in [0.1, 0.15) is 11.5 Å². The topological polar surface area (TPSA) is 127 Å². The van der Waals surface area contributed by atoms with Crippen LogP contribution >= 0.6 is 22.9 Å². The summed E-state index contributed by atoms with van der Waals surface area (Å²) in [6.45, 7) is 4.40. The van der Waals surface area contributed by atoms with Gasteiger partial charge in [-0.25, -0.2) is 14.6 Å². The van der Waals surface area contributed by atoms with Gasteiger partial charge in [-0.05, 0) is 20.8 Å². The van der Waals surface area contributed by atoms with Crippen molar-refractivity contribution in [2.24, 2.45) is 4.99 Å². The van der Waals surface area contributed by atoms with Gasteiger partial charge in [-0.3, -0.25) is 4.79 Å². The smallest absolute Gasteiger partial charge is 0.391 e. The van der Waals surface area contributed by atoms with Gasteiger partial charge in [0.05, 0.1) is 0 Å². The number of thiazole rings is 1. The number of halogens is 1. The maximum Gasteiger partial charge on any atom is 0.391 e. The number of hydrogen-bond donors (Lipinski definition) is 2. The molecule has 1 heterocycles. The molecule has 0 aliphatic rings. The number of nitrogens with zero attached hydrogens (tertiary/aromatic N) is 2. The predicted molar refractivity (Wildman–Crippen MR) is 88.0 cm³/mol. The zero-order chi connectivity index (χ0) is 18.3. The van der Waals surface area contributed by atoms with Crippen LogP contribution in [0.15, 0.2) is 10.4 Å². The summed E-state index contributed by atoms with van der Waals surface area (Å²) in [7, 11) is 0. The molecule has 0 bridgehead atoms. The van der Waals surface area contributed by atoms with E-state index < -0.39 is 36.0 Å². The molecule has 1 aromatic heterocycles. The molecule has 0 fully saturated rings. The Morgan fingerprint density at radius 3 is 2.62 bits per heavy atom. The lowest BCUT2D eigenvalue weighted by Gasteiger charge is -2.19. The maximum absolute atomic E-state index is 11.5. The molecule has 1 amide bonds.